The van der Waals surface area contributed by atoms with Gasteiger partial charge in [0.25, 0.3) is 5.91 Å². The summed E-state index contributed by atoms with van der Waals surface area (Å²) >= 11 is 0. The van der Waals surface area contributed by atoms with Crippen LogP contribution in [0.2, 0.25) is 0 Å². The molecule has 1 aromatic heterocycles. The molecule has 0 saturated carbocycles. The van der Waals surface area contributed by atoms with Crippen LogP contribution < -0.4 is 10.6 Å². The van der Waals surface area contributed by atoms with E-state index in [0.717, 1.165) is 0 Å². The van der Waals surface area contributed by atoms with Crippen molar-refractivity contribution >= 4 is 11.7 Å². The number of hydrogen-bond donors (Lipinski definition) is 2. The summed E-state index contributed by atoms with van der Waals surface area (Å²) < 4.78 is 4.83. The number of anilines is 1. The molecule has 6 heteroatoms. The third-order valence-electron chi connectivity index (χ3n) is 1.93. The molecule has 0 bridgehead atoms. The first-order valence-corrected chi connectivity index (χ1v) is 5.51. The highest BCUT2D eigenvalue weighted by molar-refractivity contribution is 5.92. The van der Waals surface area contributed by atoms with Crippen LogP contribution in [-0.2, 0) is 4.74 Å². The van der Waals surface area contributed by atoms with E-state index in [1.54, 1.807) is 19.2 Å². The van der Waals surface area contributed by atoms with Crippen molar-refractivity contribution in [2.75, 3.05) is 25.6 Å². The summed E-state index contributed by atoms with van der Waals surface area (Å²) in [6.45, 7) is 4.95. The number of rotatable bonds is 6. The molecule has 6 nitrogen and oxygen atoms in total. The molecule has 1 amide bonds. The zero-order valence-electron chi connectivity index (χ0n) is 10.4. The maximum absolute atomic E-state index is 11.6. The highest BCUT2D eigenvalue weighted by Gasteiger charge is 2.07. The van der Waals surface area contributed by atoms with Gasteiger partial charge in [-0.15, -0.1) is 10.2 Å². The Hall–Kier alpha value is -1.69. The van der Waals surface area contributed by atoms with Crippen LogP contribution in [0.5, 0.6) is 0 Å². The number of ether oxygens (including phenoxy) is 1. The fraction of sp³-hybridized carbons (Fsp3) is 0.545. The fourth-order valence-electron chi connectivity index (χ4n) is 1.18. The summed E-state index contributed by atoms with van der Waals surface area (Å²) in [7, 11) is 1.58. The lowest BCUT2D eigenvalue weighted by Crippen LogP contribution is -2.28. The summed E-state index contributed by atoms with van der Waals surface area (Å²) in [5.41, 5.74) is 0.301. The van der Waals surface area contributed by atoms with Crippen molar-refractivity contribution in [1.29, 1.82) is 0 Å². The Kier molecular flexibility index (Phi) is 5.35. The van der Waals surface area contributed by atoms with Crippen molar-refractivity contribution in [2.45, 2.75) is 19.9 Å². The predicted molar refractivity (Wildman–Crippen MR) is 65.0 cm³/mol. The van der Waals surface area contributed by atoms with Crippen LogP contribution in [0.3, 0.4) is 0 Å². The molecule has 2 N–H and O–H groups in total. The predicted octanol–water partition coefficient (Wildman–Crippen LogP) is 0.673. The molecule has 0 aromatic carbocycles. The molecule has 0 saturated heterocycles. The standard InChI is InChI=1S/C11H18N4O2/c1-8(2)13-10-5-4-9(14-15-10)11(16)12-6-7-17-3/h4-5,8H,6-7H2,1-3H3,(H,12,16)(H,13,15). The molecule has 0 unspecified atom stereocenters. The molecule has 1 heterocycles. The minimum atomic E-state index is -0.245. The molecule has 0 aliphatic heterocycles. The second-order valence-corrected chi connectivity index (χ2v) is 3.85. The van der Waals surface area contributed by atoms with E-state index in [1.807, 2.05) is 13.8 Å². The SMILES string of the molecule is COCCNC(=O)c1ccc(NC(C)C)nn1. The molecule has 0 aliphatic rings. The molecular formula is C11H18N4O2. The summed E-state index contributed by atoms with van der Waals surface area (Å²) in [6.07, 6.45) is 0. The average Bonchev–Trinajstić information content (AvgIpc) is 2.29. The first-order valence-electron chi connectivity index (χ1n) is 5.51. The first kappa shape index (κ1) is 13.4. The highest BCUT2D eigenvalue weighted by atomic mass is 16.5. The van der Waals surface area contributed by atoms with Gasteiger partial charge >= 0.3 is 0 Å². The Morgan fingerprint density at radius 3 is 2.71 bits per heavy atom. The van der Waals surface area contributed by atoms with Crippen LogP contribution in [0.15, 0.2) is 12.1 Å². The molecule has 0 radical (unpaired) electrons. The van der Waals surface area contributed by atoms with Crippen LogP contribution >= 0.6 is 0 Å². The molecule has 17 heavy (non-hydrogen) atoms. The van der Waals surface area contributed by atoms with E-state index in [2.05, 4.69) is 20.8 Å². The minimum Gasteiger partial charge on any atom is -0.383 e. The van der Waals surface area contributed by atoms with Crippen molar-refractivity contribution in [2.24, 2.45) is 0 Å². The lowest BCUT2D eigenvalue weighted by molar-refractivity contribution is 0.0931. The van der Waals surface area contributed by atoms with E-state index >= 15 is 0 Å². The van der Waals surface area contributed by atoms with Gasteiger partial charge in [0.15, 0.2) is 5.69 Å². The van der Waals surface area contributed by atoms with Crippen LogP contribution in [-0.4, -0.2) is 42.4 Å². The largest absolute Gasteiger partial charge is 0.383 e. The maximum Gasteiger partial charge on any atom is 0.271 e. The van der Waals surface area contributed by atoms with Gasteiger partial charge in [0, 0.05) is 19.7 Å². The van der Waals surface area contributed by atoms with Crippen molar-refractivity contribution in [1.82, 2.24) is 15.5 Å². The van der Waals surface area contributed by atoms with Gasteiger partial charge in [0.1, 0.15) is 5.82 Å². The molecule has 1 aromatic rings. The lowest BCUT2D eigenvalue weighted by atomic mass is 10.3. The Balaban J connectivity index is 2.52. The van der Waals surface area contributed by atoms with Gasteiger partial charge < -0.3 is 15.4 Å². The van der Waals surface area contributed by atoms with E-state index in [1.165, 1.54) is 0 Å². The molecule has 0 spiro atoms. The van der Waals surface area contributed by atoms with Crippen LogP contribution in [0.4, 0.5) is 5.82 Å². The summed E-state index contributed by atoms with van der Waals surface area (Å²) in [5.74, 6) is 0.416. The number of hydrogen-bond acceptors (Lipinski definition) is 5. The van der Waals surface area contributed by atoms with Crippen molar-refractivity contribution < 1.29 is 9.53 Å². The number of methoxy groups -OCH3 is 1. The number of carbonyl (C=O) groups is 1. The van der Waals surface area contributed by atoms with Gasteiger partial charge in [-0.3, -0.25) is 4.79 Å². The zero-order chi connectivity index (χ0) is 12.7. The molecule has 0 atom stereocenters. The Morgan fingerprint density at radius 2 is 2.18 bits per heavy atom. The van der Waals surface area contributed by atoms with E-state index in [-0.39, 0.29) is 11.9 Å². The number of nitrogens with zero attached hydrogens (tertiary/aromatic N) is 2. The second kappa shape index (κ2) is 6.80. The first-order chi connectivity index (χ1) is 8.13. The van der Waals surface area contributed by atoms with Crippen molar-refractivity contribution in [3.63, 3.8) is 0 Å². The van der Waals surface area contributed by atoms with Crippen LogP contribution in [0, 0.1) is 0 Å². The highest BCUT2D eigenvalue weighted by Crippen LogP contribution is 2.03. The fourth-order valence-corrected chi connectivity index (χ4v) is 1.18. The molecule has 0 aliphatic carbocycles. The normalized spacial score (nSPS) is 10.4. The number of nitrogens with one attached hydrogen (secondary N) is 2. The minimum absolute atomic E-state index is 0.245. The van der Waals surface area contributed by atoms with E-state index < -0.39 is 0 Å². The summed E-state index contributed by atoms with van der Waals surface area (Å²) in [6, 6.07) is 3.66. The third-order valence-corrected chi connectivity index (χ3v) is 1.93. The Bertz CT molecular complexity index is 351. The lowest BCUT2D eigenvalue weighted by Gasteiger charge is -2.08. The van der Waals surface area contributed by atoms with Gasteiger partial charge in [-0.1, -0.05) is 0 Å². The average molecular weight is 238 g/mol. The van der Waals surface area contributed by atoms with Gasteiger partial charge in [-0.2, -0.15) is 0 Å². The molecular weight excluding hydrogens is 220 g/mol. The number of aromatic nitrogens is 2. The van der Waals surface area contributed by atoms with Gasteiger partial charge in [0.2, 0.25) is 0 Å². The van der Waals surface area contributed by atoms with E-state index in [0.29, 0.717) is 24.7 Å². The van der Waals surface area contributed by atoms with Crippen LogP contribution in [0.1, 0.15) is 24.3 Å². The second-order valence-electron chi connectivity index (χ2n) is 3.85. The molecule has 94 valence electrons. The monoisotopic (exact) mass is 238 g/mol. The van der Waals surface area contributed by atoms with Crippen molar-refractivity contribution in [3.05, 3.63) is 17.8 Å². The maximum atomic E-state index is 11.6. The van der Waals surface area contributed by atoms with Gasteiger partial charge in [0.05, 0.1) is 6.61 Å². The van der Waals surface area contributed by atoms with Gasteiger partial charge in [-0.25, -0.2) is 0 Å². The topological polar surface area (TPSA) is 76.1 Å². The molecule has 0 fully saturated rings. The Morgan fingerprint density at radius 1 is 1.41 bits per heavy atom. The Labute approximate surface area is 101 Å². The van der Waals surface area contributed by atoms with Crippen molar-refractivity contribution in [3.8, 4) is 0 Å². The summed E-state index contributed by atoms with van der Waals surface area (Å²) in [4.78, 5) is 11.6. The third kappa shape index (κ3) is 4.78. The zero-order valence-corrected chi connectivity index (χ0v) is 10.4. The van der Waals surface area contributed by atoms with Crippen LogP contribution in [0.25, 0.3) is 0 Å². The van der Waals surface area contributed by atoms with E-state index in [4.69, 9.17) is 4.74 Å². The summed E-state index contributed by atoms with van der Waals surface area (Å²) in [5, 5.41) is 13.5. The number of amides is 1. The van der Waals surface area contributed by atoms with Gasteiger partial charge in [-0.05, 0) is 26.0 Å². The smallest absolute Gasteiger partial charge is 0.271 e. The molecule has 1 rings (SSSR count). The van der Waals surface area contributed by atoms with E-state index in [9.17, 15) is 4.79 Å². The quantitative estimate of drug-likeness (QED) is 0.712. The number of carbonyl (C=O) groups excluding carboxylic acids is 1.